The Kier molecular flexibility index (Phi) is 4.46. The molecule has 1 saturated heterocycles. The van der Waals surface area contributed by atoms with Crippen molar-refractivity contribution in [2.75, 3.05) is 11.4 Å². The first-order valence-electron chi connectivity index (χ1n) is 7.46. The number of hydrogen-bond acceptors (Lipinski definition) is 3. The Hall–Kier alpha value is -1.09. The summed E-state index contributed by atoms with van der Waals surface area (Å²) in [5, 5.41) is 3.49. The van der Waals surface area contributed by atoms with Gasteiger partial charge in [-0.15, -0.1) is 0 Å². The van der Waals surface area contributed by atoms with Crippen LogP contribution in [0.1, 0.15) is 52.5 Å². The van der Waals surface area contributed by atoms with Crippen LogP contribution in [0.15, 0.2) is 18.3 Å². The van der Waals surface area contributed by atoms with E-state index in [0.29, 0.717) is 6.04 Å². The van der Waals surface area contributed by atoms with Crippen LogP contribution in [0.2, 0.25) is 0 Å². The molecule has 1 N–H and O–H groups in total. The van der Waals surface area contributed by atoms with Crippen LogP contribution in [0.5, 0.6) is 0 Å². The Balaban J connectivity index is 1.98. The van der Waals surface area contributed by atoms with Gasteiger partial charge < -0.3 is 10.2 Å². The van der Waals surface area contributed by atoms with Crippen molar-refractivity contribution >= 4 is 5.82 Å². The van der Waals surface area contributed by atoms with Gasteiger partial charge in [-0.3, -0.25) is 0 Å². The van der Waals surface area contributed by atoms with Crippen LogP contribution in [0, 0.1) is 0 Å². The Morgan fingerprint density at radius 1 is 1.37 bits per heavy atom. The summed E-state index contributed by atoms with van der Waals surface area (Å²) in [5.74, 6) is 1.14. The zero-order chi connectivity index (χ0) is 13.9. The van der Waals surface area contributed by atoms with Crippen molar-refractivity contribution in [2.24, 2.45) is 0 Å². The molecule has 0 amide bonds. The smallest absolute Gasteiger partial charge is 0.128 e. The van der Waals surface area contributed by atoms with E-state index in [2.05, 4.69) is 55.0 Å². The maximum absolute atomic E-state index is 4.65. The molecule has 2 heterocycles. The van der Waals surface area contributed by atoms with Crippen LogP contribution in [0.25, 0.3) is 0 Å². The van der Waals surface area contributed by atoms with Crippen LogP contribution < -0.4 is 10.2 Å². The molecule has 1 aromatic rings. The third-order valence-electron chi connectivity index (χ3n) is 3.77. The van der Waals surface area contributed by atoms with Gasteiger partial charge in [0.2, 0.25) is 0 Å². The number of hydrogen-bond donors (Lipinski definition) is 1. The molecular weight excluding hydrogens is 234 g/mol. The fraction of sp³-hybridized carbons (Fsp3) is 0.688. The number of anilines is 1. The highest BCUT2D eigenvalue weighted by Crippen LogP contribution is 2.25. The minimum atomic E-state index is 0.154. The summed E-state index contributed by atoms with van der Waals surface area (Å²) in [4.78, 5) is 7.10. The third-order valence-corrected chi connectivity index (χ3v) is 3.77. The SMILES string of the molecule is CCC1CCCN1c1ccc(CNC(C)(C)C)cn1. The van der Waals surface area contributed by atoms with Crippen LogP contribution in [-0.4, -0.2) is 23.1 Å². The van der Waals surface area contributed by atoms with E-state index in [1.54, 1.807) is 0 Å². The summed E-state index contributed by atoms with van der Waals surface area (Å²) in [6.45, 7) is 10.9. The van der Waals surface area contributed by atoms with Crippen molar-refractivity contribution in [3.05, 3.63) is 23.9 Å². The Bertz CT molecular complexity index is 391. The fourth-order valence-electron chi connectivity index (χ4n) is 2.62. The molecule has 19 heavy (non-hydrogen) atoms. The summed E-state index contributed by atoms with van der Waals surface area (Å²) in [6.07, 6.45) is 5.84. The van der Waals surface area contributed by atoms with E-state index in [1.165, 1.54) is 24.8 Å². The van der Waals surface area contributed by atoms with Crippen molar-refractivity contribution in [3.8, 4) is 0 Å². The molecule has 0 saturated carbocycles. The van der Waals surface area contributed by atoms with Gasteiger partial charge in [-0.05, 0) is 51.7 Å². The number of nitrogens with zero attached hydrogens (tertiary/aromatic N) is 2. The average molecular weight is 261 g/mol. The zero-order valence-electron chi connectivity index (χ0n) is 12.7. The van der Waals surface area contributed by atoms with Gasteiger partial charge in [-0.2, -0.15) is 0 Å². The predicted molar refractivity (Wildman–Crippen MR) is 81.5 cm³/mol. The van der Waals surface area contributed by atoms with Crippen molar-refractivity contribution < 1.29 is 0 Å². The van der Waals surface area contributed by atoms with E-state index in [4.69, 9.17) is 0 Å². The zero-order valence-corrected chi connectivity index (χ0v) is 12.7. The van der Waals surface area contributed by atoms with Crippen LogP contribution >= 0.6 is 0 Å². The number of nitrogens with one attached hydrogen (secondary N) is 1. The normalized spacial score (nSPS) is 20.0. The van der Waals surface area contributed by atoms with Crippen molar-refractivity contribution in [1.82, 2.24) is 10.3 Å². The van der Waals surface area contributed by atoms with E-state index in [-0.39, 0.29) is 5.54 Å². The molecule has 0 aromatic carbocycles. The van der Waals surface area contributed by atoms with Gasteiger partial charge in [-0.1, -0.05) is 13.0 Å². The standard InChI is InChI=1S/C16H27N3/c1-5-14-7-6-10-19(14)15-9-8-13(11-17-15)12-18-16(2,3)4/h8-9,11,14,18H,5-7,10,12H2,1-4H3. The van der Waals surface area contributed by atoms with Gasteiger partial charge in [0.1, 0.15) is 5.82 Å². The minimum absolute atomic E-state index is 0.154. The second-order valence-corrected chi connectivity index (χ2v) is 6.53. The predicted octanol–water partition coefficient (Wildman–Crippen LogP) is 3.35. The summed E-state index contributed by atoms with van der Waals surface area (Å²) in [5.41, 5.74) is 1.41. The first-order chi connectivity index (χ1) is 8.99. The van der Waals surface area contributed by atoms with Crippen LogP contribution in [-0.2, 0) is 6.54 Å². The highest BCUT2D eigenvalue weighted by Gasteiger charge is 2.23. The second-order valence-electron chi connectivity index (χ2n) is 6.53. The van der Waals surface area contributed by atoms with Gasteiger partial charge >= 0.3 is 0 Å². The van der Waals surface area contributed by atoms with Crippen molar-refractivity contribution in [2.45, 2.75) is 65.1 Å². The van der Waals surface area contributed by atoms with Gasteiger partial charge in [0.05, 0.1) is 0 Å². The summed E-state index contributed by atoms with van der Waals surface area (Å²) in [7, 11) is 0. The molecule has 2 rings (SSSR count). The molecule has 106 valence electrons. The van der Waals surface area contributed by atoms with Crippen LogP contribution in [0.3, 0.4) is 0 Å². The lowest BCUT2D eigenvalue weighted by atomic mass is 10.1. The molecule has 1 unspecified atom stereocenters. The topological polar surface area (TPSA) is 28.2 Å². The molecule has 1 aromatic heterocycles. The van der Waals surface area contributed by atoms with Gasteiger partial charge in [-0.25, -0.2) is 4.98 Å². The van der Waals surface area contributed by atoms with Gasteiger partial charge in [0, 0.05) is 30.9 Å². The monoisotopic (exact) mass is 261 g/mol. The van der Waals surface area contributed by atoms with E-state index in [0.717, 1.165) is 18.9 Å². The lowest BCUT2D eigenvalue weighted by molar-refractivity contribution is 0.424. The first kappa shape index (κ1) is 14.3. The molecule has 1 aliphatic heterocycles. The molecule has 0 spiro atoms. The lowest BCUT2D eigenvalue weighted by Crippen LogP contribution is -2.35. The van der Waals surface area contributed by atoms with Crippen molar-refractivity contribution in [3.63, 3.8) is 0 Å². The van der Waals surface area contributed by atoms with Crippen LogP contribution in [0.4, 0.5) is 5.82 Å². The largest absolute Gasteiger partial charge is 0.354 e. The van der Waals surface area contributed by atoms with Gasteiger partial charge in [0.15, 0.2) is 0 Å². The maximum atomic E-state index is 4.65. The highest BCUT2D eigenvalue weighted by atomic mass is 15.2. The van der Waals surface area contributed by atoms with Crippen molar-refractivity contribution in [1.29, 1.82) is 0 Å². The highest BCUT2D eigenvalue weighted by molar-refractivity contribution is 5.41. The van der Waals surface area contributed by atoms with E-state index in [1.807, 2.05) is 6.20 Å². The molecule has 0 aliphatic carbocycles. The summed E-state index contributed by atoms with van der Waals surface area (Å²) < 4.78 is 0. The summed E-state index contributed by atoms with van der Waals surface area (Å²) in [6, 6.07) is 5.06. The maximum Gasteiger partial charge on any atom is 0.128 e. The molecule has 1 fully saturated rings. The Labute approximate surface area is 117 Å². The van der Waals surface area contributed by atoms with Gasteiger partial charge in [0.25, 0.3) is 0 Å². The molecule has 3 heteroatoms. The molecular formula is C16H27N3. The number of aromatic nitrogens is 1. The molecule has 0 bridgehead atoms. The number of rotatable bonds is 4. The Morgan fingerprint density at radius 3 is 2.74 bits per heavy atom. The summed E-state index contributed by atoms with van der Waals surface area (Å²) >= 11 is 0. The van der Waals surface area contributed by atoms with E-state index >= 15 is 0 Å². The molecule has 0 radical (unpaired) electrons. The van der Waals surface area contributed by atoms with E-state index in [9.17, 15) is 0 Å². The minimum Gasteiger partial charge on any atom is -0.354 e. The third kappa shape index (κ3) is 3.93. The molecule has 1 aliphatic rings. The fourth-order valence-corrected chi connectivity index (χ4v) is 2.62. The Morgan fingerprint density at radius 2 is 2.16 bits per heavy atom. The lowest BCUT2D eigenvalue weighted by Gasteiger charge is -2.25. The molecule has 1 atom stereocenters. The van der Waals surface area contributed by atoms with E-state index < -0.39 is 0 Å². The first-order valence-corrected chi connectivity index (χ1v) is 7.46. The second kappa shape index (κ2) is 5.91. The number of pyridine rings is 1. The average Bonchev–Trinajstić information content (AvgIpc) is 2.84. The molecule has 3 nitrogen and oxygen atoms in total. The quantitative estimate of drug-likeness (QED) is 0.901.